The average molecular weight is 1230 g/mol. The Morgan fingerprint density at radius 3 is 0.750 bits per heavy atom. The molecule has 72 heavy (non-hydrogen) atoms. The van der Waals surface area contributed by atoms with Gasteiger partial charge in [0.1, 0.15) is 0 Å². The van der Waals surface area contributed by atoms with Crippen molar-refractivity contribution in [1.29, 1.82) is 0 Å². The molecule has 0 heterocycles. The van der Waals surface area contributed by atoms with Crippen molar-refractivity contribution in [1.82, 2.24) is 0 Å². The molecule has 0 aliphatic carbocycles. The van der Waals surface area contributed by atoms with Crippen LogP contribution >= 0.6 is 31.7 Å². The van der Waals surface area contributed by atoms with Crippen molar-refractivity contribution in [2.75, 3.05) is 51.3 Å². The molecule has 0 aliphatic heterocycles. The van der Waals surface area contributed by atoms with E-state index in [9.17, 15) is 0 Å². The van der Waals surface area contributed by atoms with Crippen LogP contribution in [0.15, 0.2) is 146 Å². The number of benzene rings is 4. The summed E-state index contributed by atoms with van der Waals surface area (Å²) < 4.78 is 0. The predicted molar refractivity (Wildman–Crippen MR) is 324 cm³/mol. The molecule has 8 rings (SSSR count). The molecule has 0 saturated heterocycles. The first-order valence-electron chi connectivity index (χ1n) is 26.7. The summed E-state index contributed by atoms with van der Waals surface area (Å²) in [5.41, 5.74) is 0. The molecule has 0 atom stereocenters. The van der Waals surface area contributed by atoms with Crippen LogP contribution < -0.4 is 46.0 Å². The van der Waals surface area contributed by atoms with Gasteiger partial charge in [0, 0.05) is 0 Å². The van der Waals surface area contributed by atoms with Gasteiger partial charge in [-0.15, -0.1) is 177 Å². The molecular formula is C64H88Cl2P4Zr2-2. The Bertz CT molecular complexity index is 2220. The SMILES string of the molecule is CCCCCCP(CCCCCC)c1cc2ccccc2[cH-]1.CCCCCCP(CCCCCC)c1cc2ccccc2[cH-]1.CP(C)c1cc2ccccc2[cH-]1.CP(C)c1cc2ccccc2[cH-]1.[Cl-].[Cl-].[Zr+2].[Zr+2]. The van der Waals surface area contributed by atoms with Crippen molar-refractivity contribution in [2.24, 2.45) is 0 Å². The maximum Gasteiger partial charge on any atom is 2.00 e. The molecule has 0 aliphatic rings. The van der Waals surface area contributed by atoms with Gasteiger partial charge < -0.3 is 24.8 Å². The van der Waals surface area contributed by atoms with Gasteiger partial charge in [-0.1, -0.05) is 145 Å². The summed E-state index contributed by atoms with van der Waals surface area (Å²) in [7, 11) is 0.244. The Balaban J connectivity index is 0.000000487. The minimum Gasteiger partial charge on any atom is -1.00 e. The van der Waals surface area contributed by atoms with Crippen LogP contribution in [0, 0.1) is 0 Å². The smallest absolute Gasteiger partial charge is 1.00 e. The molecule has 0 N–H and O–H groups in total. The predicted octanol–water partition coefficient (Wildman–Crippen LogP) is 13.5. The third-order valence-electron chi connectivity index (χ3n) is 13.3. The summed E-state index contributed by atoms with van der Waals surface area (Å²) in [6.07, 6.45) is 28.1. The zero-order valence-corrected chi connectivity index (χ0v) is 55.5. The van der Waals surface area contributed by atoms with E-state index in [1.54, 1.807) is 10.6 Å². The Labute approximate surface area is 495 Å². The molecule has 0 unspecified atom stereocenters. The van der Waals surface area contributed by atoms with Crippen molar-refractivity contribution in [3.8, 4) is 0 Å². The third-order valence-corrected chi connectivity index (χ3v) is 21.3. The number of unbranched alkanes of at least 4 members (excludes halogenated alkanes) is 12. The second kappa shape index (κ2) is 40.6. The number of rotatable bonds is 24. The van der Waals surface area contributed by atoms with Crippen LogP contribution in [0.25, 0.3) is 43.1 Å². The van der Waals surface area contributed by atoms with Crippen LogP contribution in [0.5, 0.6) is 0 Å². The average Bonchev–Trinajstić information content (AvgIpc) is 4.18. The molecule has 0 nitrogen and oxygen atoms in total. The summed E-state index contributed by atoms with van der Waals surface area (Å²) in [4.78, 5) is 0. The van der Waals surface area contributed by atoms with E-state index in [1.165, 1.54) is 181 Å². The molecule has 8 aromatic rings. The van der Waals surface area contributed by atoms with E-state index in [-0.39, 0.29) is 109 Å². The molecule has 0 fully saturated rings. The standard InChI is InChI=1S/2C21H32P.2C11H12P.2ClH.2Zr/c2*1-3-5-7-11-15-22(16-12-8-6-4-2)21-17-19-13-9-10-14-20(19)18-21;2*1-12(2)11-7-9-5-3-4-6-10(9)8-11;;;;/h2*9-10,13-14,17-18H,3-8,11-12,15-16H2,1-2H3;2*3-8H,1-2H3;2*1H;;/q4*-1;;;2*+2/p-2. The summed E-state index contributed by atoms with van der Waals surface area (Å²) in [5, 5.41) is 17.6. The second-order valence-corrected chi connectivity index (χ2v) is 29.0. The number of halogens is 2. The molecule has 0 bridgehead atoms. The normalized spacial score (nSPS) is 10.8. The minimum absolute atomic E-state index is 0. The van der Waals surface area contributed by atoms with Crippen LogP contribution in [0.1, 0.15) is 130 Å². The van der Waals surface area contributed by atoms with Gasteiger partial charge in [0.05, 0.1) is 0 Å². The van der Waals surface area contributed by atoms with E-state index in [0.29, 0.717) is 0 Å². The first kappa shape index (κ1) is 69.4. The van der Waals surface area contributed by atoms with Crippen LogP contribution in [-0.2, 0) is 52.4 Å². The van der Waals surface area contributed by atoms with Gasteiger partial charge in [0.25, 0.3) is 0 Å². The van der Waals surface area contributed by atoms with Crippen molar-refractivity contribution in [3.05, 3.63) is 146 Å². The van der Waals surface area contributed by atoms with Crippen LogP contribution in [0.4, 0.5) is 0 Å². The van der Waals surface area contributed by atoms with E-state index in [2.05, 4.69) is 200 Å². The van der Waals surface area contributed by atoms with Crippen LogP contribution in [-0.4, -0.2) is 51.3 Å². The van der Waals surface area contributed by atoms with Gasteiger partial charge in [-0.3, -0.25) is 0 Å². The van der Waals surface area contributed by atoms with Crippen molar-refractivity contribution in [2.45, 2.75) is 130 Å². The molecule has 0 amide bonds. The number of hydrogen-bond donors (Lipinski definition) is 0. The zero-order chi connectivity index (χ0) is 48.4. The molecular weight excluding hydrogens is 1150 g/mol. The molecule has 0 spiro atoms. The van der Waals surface area contributed by atoms with E-state index in [1.807, 2.05) is 0 Å². The Morgan fingerprint density at radius 2 is 0.528 bits per heavy atom. The molecule has 8 heteroatoms. The topological polar surface area (TPSA) is 0 Å². The van der Waals surface area contributed by atoms with E-state index in [4.69, 9.17) is 0 Å². The quantitative estimate of drug-likeness (QED) is 0.0321. The molecule has 8 aromatic carbocycles. The van der Waals surface area contributed by atoms with Crippen LogP contribution in [0.3, 0.4) is 0 Å². The molecule has 0 aromatic heterocycles. The van der Waals surface area contributed by atoms with Gasteiger partial charge in [0.2, 0.25) is 0 Å². The fourth-order valence-electron chi connectivity index (χ4n) is 9.08. The largest absolute Gasteiger partial charge is 2.00 e. The summed E-state index contributed by atoms with van der Waals surface area (Å²) in [6, 6.07) is 53.9. The van der Waals surface area contributed by atoms with Gasteiger partial charge in [-0.25, -0.2) is 0 Å². The van der Waals surface area contributed by atoms with Crippen molar-refractivity contribution >= 4 is 96.0 Å². The van der Waals surface area contributed by atoms with Crippen LogP contribution in [0.2, 0.25) is 0 Å². The summed E-state index contributed by atoms with van der Waals surface area (Å²) in [6.45, 7) is 18.4. The Kier molecular flexibility index (Phi) is 39.1. The molecule has 0 radical (unpaired) electrons. The Hall–Kier alpha value is -0.614. The molecule has 388 valence electrons. The summed E-state index contributed by atoms with van der Waals surface area (Å²) >= 11 is 0. The monoisotopic (exact) mass is 1230 g/mol. The van der Waals surface area contributed by atoms with Gasteiger partial charge in [-0.2, -0.15) is 24.3 Å². The fraction of sp³-hybridized carbons (Fsp3) is 0.438. The maximum atomic E-state index is 2.47. The van der Waals surface area contributed by atoms with Gasteiger partial charge >= 0.3 is 52.4 Å². The minimum atomic E-state index is 0. The third kappa shape index (κ3) is 24.4. The fourth-order valence-corrected chi connectivity index (χ4v) is 15.9. The van der Waals surface area contributed by atoms with E-state index in [0.717, 1.165) is 0 Å². The van der Waals surface area contributed by atoms with Crippen molar-refractivity contribution in [3.63, 3.8) is 0 Å². The van der Waals surface area contributed by atoms with E-state index < -0.39 is 0 Å². The second-order valence-electron chi connectivity index (χ2n) is 19.4. The van der Waals surface area contributed by atoms with Gasteiger partial charge in [0.15, 0.2) is 0 Å². The van der Waals surface area contributed by atoms with Crippen molar-refractivity contribution < 1.29 is 77.2 Å². The van der Waals surface area contributed by atoms with Gasteiger partial charge in [-0.05, 0) is 77.0 Å². The Morgan fingerprint density at radius 1 is 0.306 bits per heavy atom. The maximum absolute atomic E-state index is 2.47. The summed E-state index contributed by atoms with van der Waals surface area (Å²) in [5.74, 6) is 0. The first-order valence-corrected chi connectivity index (χ1v) is 34.6. The first-order chi connectivity index (χ1) is 33.2. The zero-order valence-electron chi connectivity index (χ0n) is 45.5. The number of fused-ring (bicyclic) bond motifs is 4. The van der Waals surface area contributed by atoms with E-state index >= 15 is 0 Å². The number of hydrogen-bond acceptors (Lipinski definition) is 0. The molecule has 0 saturated carbocycles.